The minimum Gasteiger partial charge on any atom is -0.287 e. The lowest BCUT2D eigenvalue weighted by Gasteiger charge is -2.23. The van der Waals surface area contributed by atoms with Gasteiger partial charge in [-0.1, -0.05) is 6.92 Å². The Balaban J connectivity index is 2.63. The molecular formula is C9H16N2O2S. The average Bonchev–Trinajstić information content (AvgIpc) is 2.30. The van der Waals surface area contributed by atoms with Crippen LogP contribution in [0.4, 0.5) is 0 Å². The molecule has 5 heteroatoms. The first-order chi connectivity index (χ1) is 6.59. The van der Waals surface area contributed by atoms with E-state index in [1.807, 2.05) is 11.8 Å². The lowest BCUT2D eigenvalue weighted by Crippen LogP contribution is -2.36. The SMILES string of the molecule is CCC(C#N)N1CCCS(=O)(=O)CC1. The van der Waals surface area contributed by atoms with Gasteiger partial charge in [-0.25, -0.2) is 8.42 Å². The topological polar surface area (TPSA) is 61.2 Å². The second-order valence-corrected chi connectivity index (χ2v) is 5.90. The molecule has 1 aliphatic heterocycles. The lowest BCUT2D eigenvalue weighted by molar-refractivity contribution is 0.247. The quantitative estimate of drug-likeness (QED) is 0.670. The summed E-state index contributed by atoms with van der Waals surface area (Å²) in [5.41, 5.74) is 0. The second kappa shape index (κ2) is 4.76. The molecule has 0 saturated carbocycles. The zero-order valence-electron chi connectivity index (χ0n) is 8.44. The van der Waals surface area contributed by atoms with E-state index in [2.05, 4.69) is 6.07 Å². The fourth-order valence-corrected chi connectivity index (χ4v) is 2.99. The smallest absolute Gasteiger partial charge is 0.151 e. The summed E-state index contributed by atoms with van der Waals surface area (Å²) in [6.45, 7) is 3.19. The molecule has 0 radical (unpaired) electrons. The normalized spacial score (nSPS) is 24.9. The van der Waals surface area contributed by atoms with Crippen LogP contribution >= 0.6 is 0 Å². The van der Waals surface area contributed by atoms with Crippen molar-refractivity contribution in [1.29, 1.82) is 5.26 Å². The van der Waals surface area contributed by atoms with Gasteiger partial charge >= 0.3 is 0 Å². The zero-order chi connectivity index (χ0) is 10.6. The molecule has 80 valence electrons. The minimum atomic E-state index is -2.85. The molecule has 0 aliphatic carbocycles. The molecule has 1 atom stereocenters. The summed E-state index contributed by atoms with van der Waals surface area (Å²) in [5, 5.41) is 8.86. The Morgan fingerprint density at radius 3 is 2.71 bits per heavy atom. The molecule has 1 aliphatic rings. The van der Waals surface area contributed by atoms with Crippen molar-refractivity contribution >= 4 is 9.84 Å². The van der Waals surface area contributed by atoms with E-state index >= 15 is 0 Å². The third kappa shape index (κ3) is 2.96. The summed E-state index contributed by atoms with van der Waals surface area (Å²) in [7, 11) is -2.85. The summed E-state index contributed by atoms with van der Waals surface area (Å²) in [4.78, 5) is 1.98. The Morgan fingerprint density at radius 2 is 2.14 bits per heavy atom. The largest absolute Gasteiger partial charge is 0.287 e. The maximum atomic E-state index is 11.3. The molecular weight excluding hydrogens is 200 g/mol. The molecule has 1 unspecified atom stereocenters. The van der Waals surface area contributed by atoms with Crippen LogP contribution in [0.1, 0.15) is 19.8 Å². The predicted molar refractivity (Wildman–Crippen MR) is 54.5 cm³/mol. The van der Waals surface area contributed by atoms with Crippen LogP contribution in [-0.2, 0) is 9.84 Å². The molecule has 1 saturated heterocycles. The van der Waals surface area contributed by atoms with Crippen LogP contribution in [0.25, 0.3) is 0 Å². The van der Waals surface area contributed by atoms with Crippen molar-refractivity contribution in [2.24, 2.45) is 0 Å². The van der Waals surface area contributed by atoms with E-state index in [0.717, 1.165) is 13.0 Å². The summed E-state index contributed by atoms with van der Waals surface area (Å²) in [5.74, 6) is 0.469. The standard InChI is InChI=1S/C9H16N2O2S/c1-2-9(8-10)11-4-3-6-14(12,13)7-5-11/h9H,2-7H2,1H3. The van der Waals surface area contributed by atoms with E-state index in [0.29, 0.717) is 13.0 Å². The maximum Gasteiger partial charge on any atom is 0.151 e. The van der Waals surface area contributed by atoms with E-state index in [4.69, 9.17) is 5.26 Å². The van der Waals surface area contributed by atoms with Crippen LogP contribution in [-0.4, -0.2) is 44.0 Å². The Labute approximate surface area is 85.4 Å². The predicted octanol–water partition coefficient (Wildman–Crippen LogP) is 0.409. The molecule has 14 heavy (non-hydrogen) atoms. The molecule has 4 nitrogen and oxygen atoms in total. The zero-order valence-corrected chi connectivity index (χ0v) is 9.26. The Bertz CT molecular complexity index is 318. The summed E-state index contributed by atoms with van der Waals surface area (Å²) in [6.07, 6.45) is 1.41. The van der Waals surface area contributed by atoms with Crippen LogP contribution in [0.2, 0.25) is 0 Å². The van der Waals surface area contributed by atoms with Gasteiger partial charge in [0.25, 0.3) is 0 Å². The van der Waals surface area contributed by atoms with E-state index < -0.39 is 9.84 Å². The highest BCUT2D eigenvalue weighted by Crippen LogP contribution is 2.10. The number of rotatable bonds is 2. The van der Waals surface area contributed by atoms with Gasteiger partial charge in [-0.3, -0.25) is 4.90 Å². The first-order valence-electron chi connectivity index (χ1n) is 4.93. The molecule has 0 aromatic rings. The number of nitriles is 1. The highest BCUT2D eigenvalue weighted by molar-refractivity contribution is 7.91. The van der Waals surface area contributed by atoms with Gasteiger partial charge in [0.15, 0.2) is 9.84 Å². The highest BCUT2D eigenvalue weighted by Gasteiger charge is 2.23. The van der Waals surface area contributed by atoms with Gasteiger partial charge in [0.1, 0.15) is 0 Å². The van der Waals surface area contributed by atoms with E-state index in [-0.39, 0.29) is 17.5 Å². The first-order valence-corrected chi connectivity index (χ1v) is 6.75. The lowest BCUT2D eigenvalue weighted by atomic mass is 10.2. The van der Waals surface area contributed by atoms with Gasteiger partial charge in [0, 0.05) is 13.1 Å². The third-order valence-corrected chi connectivity index (χ3v) is 4.28. The van der Waals surface area contributed by atoms with Crippen molar-refractivity contribution in [3.63, 3.8) is 0 Å². The molecule has 1 rings (SSSR count). The average molecular weight is 216 g/mol. The van der Waals surface area contributed by atoms with Gasteiger partial charge in [-0.05, 0) is 12.8 Å². The van der Waals surface area contributed by atoms with E-state index in [9.17, 15) is 8.42 Å². The van der Waals surface area contributed by atoms with Gasteiger partial charge < -0.3 is 0 Å². The van der Waals surface area contributed by atoms with Gasteiger partial charge in [-0.15, -0.1) is 0 Å². The monoisotopic (exact) mass is 216 g/mol. The van der Waals surface area contributed by atoms with Crippen molar-refractivity contribution in [3.05, 3.63) is 0 Å². The van der Waals surface area contributed by atoms with Crippen LogP contribution < -0.4 is 0 Å². The minimum absolute atomic E-state index is 0.122. The van der Waals surface area contributed by atoms with Crippen molar-refractivity contribution in [3.8, 4) is 6.07 Å². The van der Waals surface area contributed by atoms with E-state index in [1.165, 1.54) is 0 Å². The molecule has 1 fully saturated rings. The number of nitrogens with zero attached hydrogens (tertiary/aromatic N) is 2. The highest BCUT2D eigenvalue weighted by atomic mass is 32.2. The summed E-state index contributed by atoms with van der Waals surface area (Å²) >= 11 is 0. The van der Waals surface area contributed by atoms with Gasteiger partial charge in [0.05, 0.1) is 23.6 Å². The molecule has 0 aromatic heterocycles. The summed E-state index contributed by atoms with van der Waals surface area (Å²) < 4.78 is 22.6. The van der Waals surface area contributed by atoms with Crippen LogP contribution in [0.5, 0.6) is 0 Å². The summed E-state index contributed by atoms with van der Waals surface area (Å²) in [6, 6.07) is 2.09. The number of sulfone groups is 1. The fourth-order valence-electron chi connectivity index (χ4n) is 1.70. The van der Waals surface area contributed by atoms with Crippen molar-refractivity contribution in [1.82, 2.24) is 4.90 Å². The van der Waals surface area contributed by atoms with Crippen LogP contribution in [0.15, 0.2) is 0 Å². The van der Waals surface area contributed by atoms with Gasteiger partial charge in [0.2, 0.25) is 0 Å². The van der Waals surface area contributed by atoms with E-state index in [1.54, 1.807) is 0 Å². The Hall–Kier alpha value is -0.600. The number of hydrogen-bond donors (Lipinski definition) is 0. The van der Waals surface area contributed by atoms with Crippen LogP contribution in [0, 0.1) is 11.3 Å². The molecule has 0 N–H and O–H groups in total. The molecule has 0 amide bonds. The molecule has 0 aromatic carbocycles. The number of hydrogen-bond acceptors (Lipinski definition) is 4. The van der Waals surface area contributed by atoms with Crippen LogP contribution in [0.3, 0.4) is 0 Å². The fraction of sp³-hybridized carbons (Fsp3) is 0.889. The Morgan fingerprint density at radius 1 is 1.43 bits per heavy atom. The molecule has 0 spiro atoms. The van der Waals surface area contributed by atoms with Crippen molar-refractivity contribution < 1.29 is 8.42 Å². The van der Waals surface area contributed by atoms with Crippen molar-refractivity contribution in [2.45, 2.75) is 25.8 Å². The molecule has 0 bridgehead atoms. The van der Waals surface area contributed by atoms with Gasteiger partial charge in [-0.2, -0.15) is 5.26 Å². The van der Waals surface area contributed by atoms with Crippen molar-refractivity contribution in [2.75, 3.05) is 24.6 Å². The third-order valence-electron chi connectivity index (χ3n) is 2.57. The first kappa shape index (κ1) is 11.5. The maximum absolute atomic E-state index is 11.3. The second-order valence-electron chi connectivity index (χ2n) is 3.59. The molecule has 1 heterocycles. The Kier molecular flexibility index (Phi) is 3.90.